The average Bonchev–Trinajstić information content (AvgIpc) is 2.35. The van der Waals surface area contributed by atoms with E-state index >= 15 is 0 Å². The average molecular weight is 272 g/mol. The number of carbonyl (C=O) groups excluding carboxylic acids is 2. The lowest BCUT2D eigenvalue weighted by Crippen LogP contribution is -2.35. The number of primary amides is 1. The number of allylic oxidation sites excluding steroid dienone is 1. The van der Waals surface area contributed by atoms with Crippen LogP contribution in [0.1, 0.15) is 33.6 Å². The summed E-state index contributed by atoms with van der Waals surface area (Å²) >= 11 is 0. The third-order valence-electron chi connectivity index (χ3n) is 2.57. The monoisotopic (exact) mass is 272 g/mol. The molecule has 0 aliphatic carbocycles. The maximum absolute atomic E-state index is 11.4. The molecule has 0 spiro atoms. The normalized spacial score (nSPS) is 13.8. The Morgan fingerprint density at radius 2 is 1.95 bits per heavy atom. The molecule has 110 valence electrons. The number of nitrogens with one attached hydrogen (secondary N) is 1. The summed E-state index contributed by atoms with van der Waals surface area (Å²) in [7, 11) is 0. The van der Waals surface area contributed by atoms with E-state index in [0.29, 0.717) is 6.54 Å². The highest BCUT2D eigenvalue weighted by Crippen LogP contribution is 2.24. The van der Waals surface area contributed by atoms with Gasteiger partial charge in [0.1, 0.15) is 13.2 Å². The van der Waals surface area contributed by atoms with E-state index in [1.54, 1.807) is 0 Å². The second kappa shape index (κ2) is 9.24. The third kappa shape index (κ3) is 8.93. The highest BCUT2D eigenvalue weighted by atomic mass is 16.6. The van der Waals surface area contributed by atoms with Gasteiger partial charge in [-0.2, -0.15) is 0 Å². The molecule has 6 heteroatoms. The SMILES string of the molecule is C/C=C/CNC(=O)OCC(C)(CCC)COC(N)=O. The first-order chi connectivity index (χ1) is 8.93. The number of amides is 2. The molecule has 0 bridgehead atoms. The second-order valence-corrected chi connectivity index (χ2v) is 4.69. The summed E-state index contributed by atoms with van der Waals surface area (Å²) in [5, 5.41) is 2.58. The van der Waals surface area contributed by atoms with Crippen LogP contribution in [0.4, 0.5) is 9.59 Å². The molecule has 0 radical (unpaired) electrons. The van der Waals surface area contributed by atoms with Gasteiger partial charge >= 0.3 is 12.2 Å². The van der Waals surface area contributed by atoms with E-state index in [-0.39, 0.29) is 13.2 Å². The number of carbonyl (C=O) groups is 2. The molecule has 1 atom stereocenters. The van der Waals surface area contributed by atoms with Gasteiger partial charge in [0.05, 0.1) is 0 Å². The number of ether oxygens (including phenoxy) is 2. The molecule has 0 aromatic carbocycles. The van der Waals surface area contributed by atoms with Gasteiger partial charge in [-0.05, 0) is 13.3 Å². The lowest BCUT2D eigenvalue weighted by molar-refractivity contribution is 0.0341. The van der Waals surface area contributed by atoms with E-state index < -0.39 is 17.6 Å². The molecule has 19 heavy (non-hydrogen) atoms. The smallest absolute Gasteiger partial charge is 0.407 e. The minimum atomic E-state index is -0.820. The predicted octanol–water partition coefficient (Wildman–Crippen LogP) is 2.19. The van der Waals surface area contributed by atoms with Gasteiger partial charge in [0, 0.05) is 12.0 Å². The van der Waals surface area contributed by atoms with Crippen LogP contribution in [0.25, 0.3) is 0 Å². The van der Waals surface area contributed by atoms with E-state index in [9.17, 15) is 9.59 Å². The molecule has 1 unspecified atom stereocenters. The number of nitrogens with two attached hydrogens (primary N) is 1. The number of hydrogen-bond acceptors (Lipinski definition) is 4. The van der Waals surface area contributed by atoms with Gasteiger partial charge in [-0.3, -0.25) is 0 Å². The molecule has 0 aliphatic rings. The van der Waals surface area contributed by atoms with E-state index in [1.807, 2.05) is 32.9 Å². The predicted molar refractivity (Wildman–Crippen MR) is 72.7 cm³/mol. The van der Waals surface area contributed by atoms with Crippen LogP contribution in [0, 0.1) is 5.41 Å². The fourth-order valence-corrected chi connectivity index (χ4v) is 1.59. The molecule has 0 fully saturated rings. The van der Waals surface area contributed by atoms with E-state index in [2.05, 4.69) is 5.32 Å². The maximum atomic E-state index is 11.4. The van der Waals surface area contributed by atoms with Gasteiger partial charge < -0.3 is 20.5 Å². The Hall–Kier alpha value is -1.72. The zero-order valence-electron chi connectivity index (χ0n) is 11.9. The minimum Gasteiger partial charge on any atom is -0.449 e. The summed E-state index contributed by atoms with van der Waals surface area (Å²) in [6.45, 7) is 6.51. The standard InChI is InChI=1S/C13H24N2O4/c1-4-6-8-15-12(17)19-10-13(3,7-5-2)9-18-11(14)16/h4,6H,5,7-10H2,1-3H3,(H2,14,16)(H,15,17)/b6-4+. The van der Waals surface area contributed by atoms with Gasteiger partial charge in [-0.1, -0.05) is 32.4 Å². The molecule has 0 aromatic rings. The molecule has 0 heterocycles. The molecule has 0 rings (SSSR count). The zero-order valence-corrected chi connectivity index (χ0v) is 11.9. The fraction of sp³-hybridized carbons (Fsp3) is 0.692. The Balaban J connectivity index is 4.17. The van der Waals surface area contributed by atoms with Gasteiger partial charge in [0.25, 0.3) is 0 Å². The third-order valence-corrected chi connectivity index (χ3v) is 2.57. The van der Waals surface area contributed by atoms with Gasteiger partial charge in [-0.15, -0.1) is 0 Å². The second-order valence-electron chi connectivity index (χ2n) is 4.69. The lowest BCUT2D eigenvalue weighted by Gasteiger charge is -2.27. The summed E-state index contributed by atoms with van der Waals surface area (Å²) in [5.41, 5.74) is 4.53. The molecule has 3 N–H and O–H groups in total. The van der Waals surface area contributed by atoms with Crippen molar-refractivity contribution in [3.63, 3.8) is 0 Å². The Labute approximate surface area is 114 Å². The molecule has 0 saturated heterocycles. The molecule has 0 saturated carbocycles. The van der Waals surface area contributed by atoms with Crippen LogP contribution in [0.5, 0.6) is 0 Å². The maximum Gasteiger partial charge on any atom is 0.407 e. The molecule has 2 amide bonds. The van der Waals surface area contributed by atoms with Gasteiger partial charge in [0.15, 0.2) is 0 Å². The summed E-state index contributed by atoms with van der Waals surface area (Å²) < 4.78 is 9.93. The molecular formula is C13H24N2O4. The van der Waals surface area contributed by atoms with Crippen LogP contribution in [0.3, 0.4) is 0 Å². The quantitative estimate of drug-likeness (QED) is 0.663. The Morgan fingerprint density at radius 1 is 1.32 bits per heavy atom. The number of alkyl carbamates (subject to hydrolysis) is 1. The molecular weight excluding hydrogens is 248 g/mol. The minimum absolute atomic E-state index is 0.137. The van der Waals surface area contributed by atoms with Gasteiger partial charge in [-0.25, -0.2) is 9.59 Å². The fourth-order valence-electron chi connectivity index (χ4n) is 1.59. The van der Waals surface area contributed by atoms with E-state index in [4.69, 9.17) is 15.2 Å². The number of rotatable bonds is 8. The van der Waals surface area contributed by atoms with E-state index in [0.717, 1.165) is 12.8 Å². The zero-order chi connectivity index (χ0) is 14.7. The van der Waals surface area contributed by atoms with Crippen LogP contribution in [0.2, 0.25) is 0 Å². The van der Waals surface area contributed by atoms with Crippen molar-refractivity contribution in [3.8, 4) is 0 Å². The summed E-state index contributed by atoms with van der Waals surface area (Å²) in [6.07, 6.45) is 3.99. The van der Waals surface area contributed by atoms with Crippen molar-refractivity contribution in [1.82, 2.24) is 5.32 Å². The Morgan fingerprint density at radius 3 is 2.47 bits per heavy atom. The van der Waals surface area contributed by atoms with E-state index in [1.165, 1.54) is 0 Å². The summed E-state index contributed by atoms with van der Waals surface area (Å²) in [6, 6.07) is 0. The van der Waals surface area contributed by atoms with Crippen molar-refractivity contribution < 1.29 is 19.1 Å². The topological polar surface area (TPSA) is 90.7 Å². The van der Waals surface area contributed by atoms with Crippen molar-refractivity contribution >= 4 is 12.2 Å². The van der Waals surface area contributed by atoms with Gasteiger partial charge in [0.2, 0.25) is 0 Å². The first-order valence-corrected chi connectivity index (χ1v) is 6.37. The first kappa shape index (κ1) is 17.3. The van der Waals surface area contributed by atoms with Crippen LogP contribution in [0.15, 0.2) is 12.2 Å². The molecule has 0 aliphatic heterocycles. The van der Waals surface area contributed by atoms with Crippen LogP contribution in [-0.4, -0.2) is 31.9 Å². The van der Waals surface area contributed by atoms with Crippen molar-refractivity contribution in [2.24, 2.45) is 11.1 Å². The van der Waals surface area contributed by atoms with Crippen molar-refractivity contribution in [3.05, 3.63) is 12.2 Å². The Bertz CT molecular complexity index is 318. The Kier molecular flexibility index (Phi) is 8.41. The largest absolute Gasteiger partial charge is 0.449 e. The lowest BCUT2D eigenvalue weighted by atomic mass is 9.87. The van der Waals surface area contributed by atoms with Crippen molar-refractivity contribution in [2.75, 3.05) is 19.8 Å². The number of hydrogen-bond donors (Lipinski definition) is 2. The van der Waals surface area contributed by atoms with Crippen LogP contribution in [-0.2, 0) is 9.47 Å². The van der Waals surface area contributed by atoms with Crippen LogP contribution < -0.4 is 11.1 Å². The first-order valence-electron chi connectivity index (χ1n) is 6.37. The van der Waals surface area contributed by atoms with Crippen LogP contribution >= 0.6 is 0 Å². The van der Waals surface area contributed by atoms with Crippen molar-refractivity contribution in [2.45, 2.75) is 33.6 Å². The molecule has 0 aromatic heterocycles. The van der Waals surface area contributed by atoms with Crippen molar-refractivity contribution in [1.29, 1.82) is 0 Å². The highest BCUT2D eigenvalue weighted by Gasteiger charge is 2.27. The summed E-state index contributed by atoms with van der Waals surface area (Å²) in [4.78, 5) is 22.0. The molecule has 6 nitrogen and oxygen atoms in total. The highest BCUT2D eigenvalue weighted by molar-refractivity contribution is 5.67. The summed E-state index contributed by atoms with van der Waals surface area (Å²) in [5.74, 6) is 0.